The summed E-state index contributed by atoms with van der Waals surface area (Å²) in [5, 5.41) is 0. The molecule has 1 aromatic rings. The number of nitrogens with one attached hydrogen (secondary N) is 1. The van der Waals surface area contributed by atoms with E-state index in [9.17, 15) is 0 Å². The molecule has 2 heteroatoms. The second kappa shape index (κ2) is 6.83. The van der Waals surface area contributed by atoms with Crippen molar-refractivity contribution in [1.29, 1.82) is 0 Å². The Bertz CT molecular complexity index is 282. The van der Waals surface area contributed by atoms with Gasteiger partial charge in [0.2, 0.25) is 0 Å². The molecule has 0 aromatic carbocycles. The monoisotopic (exact) mass is 236 g/mol. The van der Waals surface area contributed by atoms with Gasteiger partial charge >= 0.3 is 0 Å². The number of hydrogen-bond donors (Lipinski definition) is 1. The van der Waals surface area contributed by atoms with Gasteiger partial charge in [0.1, 0.15) is 5.82 Å². The maximum absolute atomic E-state index is 4.44. The van der Waals surface area contributed by atoms with E-state index in [1.54, 1.807) is 0 Å². The van der Waals surface area contributed by atoms with Crippen LogP contribution in [-0.2, 0) is 0 Å². The van der Waals surface area contributed by atoms with Crippen molar-refractivity contribution < 1.29 is 0 Å². The number of aromatic amines is 1. The summed E-state index contributed by atoms with van der Waals surface area (Å²) in [6.07, 6.45) is 11.8. The van der Waals surface area contributed by atoms with Crippen molar-refractivity contribution in [2.75, 3.05) is 0 Å². The lowest BCUT2D eigenvalue weighted by atomic mass is 9.77. The first kappa shape index (κ1) is 14.3. The summed E-state index contributed by atoms with van der Waals surface area (Å²) in [6, 6.07) is 0. The second-order valence-corrected chi connectivity index (χ2v) is 6.10. The molecule has 0 aliphatic heterocycles. The Labute approximate surface area is 106 Å². The zero-order valence-electron chi connectivity index (χ0n) is 11.9. The molecule has 1 N–H and O–H groups in total. The molecule has 0 amide bonds. The molecular weight excluding hydrogens is 208 g/mol. The smallest absolute Gasteiger partial charge is 0.109 e. The Balaban J connectivity index is 2.44. The summed E-state index contributed by atoms with van der Waals surface area (Å²) >= 11 is 0. The van der Waals surface area contributed by atoms with Gasteiger partial charge in [-0.2, -0.15) is 0 Å². The van der Waals surface area contributed by atoms with Crippen LogP contribution in [0.4, 0.5) is 0 Å². The number of unbranched alkanes of at least 4 members (excludes halogenated alkanes) is 4. The van der Waals surface area contributed by atoms with Crippen LogP contribution in [0.1, 0.15) is 78.0 Å². The van der Waals surface area contributed by atoms with Crippen LogP contribution in [0.3, 0.4) is 0 Å². The van der Waals surface area contributed by atoms with Crippen LogP contribution in [0.25, 0.3) is 0 Å². The number of imidazole rings is 1. The number of nitrogens with zero attached hydrogens (tertiary/aromatic N) is 1. The number of rotatable bonds is 7. The van der Waals surface area contributed by atoms with Crippen molar-refractivity contribution in [2.45, 2.75) is 72.1 Å². The molecule has 0 aliphatic carbocycles. The fraction of sp³-hybridized carbons (Fsp3) is 0.800. The average Bonchev–Trinajstić information content (AvgIpc) is 2.74. The molecule has 0 bridgehead atoms. The molecule has 17 heavy (non-hydrogen) atoms. The SMILES string of the molecule is CCCCCCCC(c1ncc[nH]1)C(C)(C)C. The highest BCUT2D eigenvalue weighted by Gasteiger charge is 2.27. The van der Waals surface area contributed by atoms with Gasteiger partial charge in [0, 0.05) is 18.3 Å². The zero-order chi connectivity index (χ0) is 12.7. The molecule has 2 nitrogen and oxygen atoms in total. The first-order valence-electron chi connectivity index (χ1n) is 7.05. The molecule has 1 aromatic heterocycles. The Hall–Kier alpha value is -0.790. The molecule has 0 saturated heterocycles. The Kier molecular flexibility index (Phi) is 5.73. The molecule has 0 spiro atoms. The second-order valence-electron chi connectivity index (χ2n) is 6.10. The van der Waals surface area contributed by atoms with E-state index in [-0.39, 0.29) is 0 Å². The summed E-state index contributed by atoms with van der Waals surface area (Å²) in [6.45, 7) is 9.20. The molecule has 1 rings (SSSR count). The summed E-state index contributed by atoms with van der Waals surface area (Å²) in [5.41, 5.74) is 0.294. The maximum Gasteiger partial charge on any atom is 0.109 e. The minimum Gasteiger partial charge on any atom is -0.348 e. The highest BCUT2D eigenvalue weighted by atomic mass is 14.9. The van der Waals surface area contributed by atoms with Crippen LogP contribution >= 0.6 is 0 Å². The third kappa shape index (κ3) is 4.93. The van der Waals surface area contributed by atoms with Crippen molar-refractivity contribution in [3.8, 4) is 0 Å². The van der Waals surface area contributed by atoms with Crippen LogP contribution in [0.15, 0.2) is 12.4 Å². The summed E-state index contributed by atoms with van der Waals surface area (Å²) in [5.74, 6) is 1.71. The third-order valence-electron chi connectivity index (χ3n) is 3.49. The van der Waals surface area contributed by atoms with E-state index in [1.165, 1.54) is 38.5 Å². The van der Waals surface area contributed by atoms with Crippen molar-refractivity contribution in [1.82, 2.24) is 9.97 Å². The van der Waals surface area contributed by atoms with E-state index < -0.39 is 0 Å². The third-order valence-corrected chi connectivity index (χ3v) is 3.49. The summed E-state index contributed by atoms with van der Waals surface area (Å²) in [4.78, 5) is 7.73. The van der Waals surface area contributed by atoms with Crippen LogP contribution in [-0.4, -0.2) is 9.97 Å². The minimum absolute atomic E-state index is 0.294. The number of aromatic nitrogens is 2. The van der Waals surface area contributed by atoms with Gasteiger partial charge in [-0.3, -0.25) is 0 Å². The Morgan fingerprint density at radius 2 is 1.88 bits per heavy atom. The lowest BCUT2D eigenvalue weighted by molar-refractivity contribution is 0.287. The van der Waals surface area contributed by atoms with Gasteiger partial charge in [-0.15, -0.1) is 0 Å². The fourth-order valence-corrected chi connectivity index (χ4v) is 2.40. The van der Waals surface area contributed by atoms with E-state index in [4.69, 9.17) is 0 Å². The van der Waals surface area contributed by atoms with Crippen LogP contribution in [0, 0.1) is 5.41 Å². The minimum atomic E-state index is 0.294. The topological polar surface area (TPSA) is 28.7 Å². The molecule has 0 saturated carbocycles. The highest BCUT2D eigenvalue weighted by molar-refractivity contribution is 5.01. The molecule has 1 heterocycles. The molecule has 0 aliphatic rings. The molecule has 98 valence electrons. The molecule has 1 atom stereocenters. The Morgan fingerprint density at radius 3 is 2.41 bits per heavy atom. The van der Waals surface area contributed by atoms with Crippen molar-refractivity contribution >= 4 is 0 Å². The lowest BCUT2D eigenvalue weighted by Gasteiger charge is -2.29. The number of H-pyrrole nitrogens is 1. The van der Waals surface area contributed by atoms with E-state index in [2.05, 4.69) is 37.7 Å². The fourth-order valence-electron chi connectivity index (χ4n) is 2.40. The lowest BCUT2D eigenvalue weighted by Crippen LogP contribution is -2.19. The predicted molar refractivity (Wildman–Crippen MR) is 74.2 cm³/mol. The predicted octanol–water partition coefficient (Wildman–Crippen LogP) is 4.90. The molecular formula is C15H28N2. The first-order valence-corrected chi connectivity index (χ1v) is 7.05. The van der Waals surface area contributed by atoms with Gasteiger partial charge in [-0.05, 0) is 11.8 Å². The highest BCUT2D eigenvalue weighted by Crippen LogP contribution is 2.37. The summed E-state index contributed by atoms with van der Waals surface area (Å²) in [7, 11) is 0. The van der Waals surface area contributed by atoms with Gasteiger partial charge in [-0.25, -0.2) is 4.98 Å². The van der Waals surface area contributed by atoms with Crippen LogP contribution in [0.5, 0.6) is 0 Å². The standard InChI is InChI=1S/C15H28N2/c1-5-6-7-8-9-10-13(15(2,3)4)14-16-11-12-17-14/h11-13H,5-10H2,1-4H3,(H,16,17). The maximum atomic E-state index is 4.44. The van der Waals surface area contributed by atoms with Crippen molar-refractivity contribution in [2.24, 2.45) is 5.41 Å². The molecule has 0 radical (unpaired) electrons. The van der Waals surface area contributed by atoms with E-state index in [0.29, 0.717) is 11.3 Å². The van der Waals surface area contributed by atoms with E-state index in [1.807, 2.05) is 12.4 Å². The summed E-state index contributed by atoms with van der Waals surface area (Å²) < 4.78 is 0. The van der Waals surface area contributed by atoms with E-state index in [0.717, 1.165) is 5.82 Å². The van der Waals surface area contributed by atoms with Crippen LogP contribution in [0.2, 0.25) is 0 Å². The van der Waals surface area contributed by atoms with Gasteiger partial charge in [-0.1, -0.05) is 59.8 Å². The largest absolute Gasteiger partial charge is 0.348 e. The van der Waals surface area contributed by atoms with E-state index >= 15 is 0 Å². The quantitative estimate of drug-likeness (QED) is 0.670. The van der Waals surface area contributed by atoms with Gasteiger partial charge in [0.25, 0.3) is 0 Å². The first-order chi connectivity index (χ1) is 8.05. The normalized spacial score (nSPS) is 13.9. The van der Waals surface area contributed by atoms with Gasteiger partial charge in [0.05, 0.1) is 0 Å². The molecule has 1 unspecified atom stereocenters. The van der Waals surface area contributed by atoms with Gasteiger partial charge < -0.3 is 4.98 Å². The Morgan fingerprint density at radius 1 is 1.18 bits per heavy atom. The van der Waals surface area contributed by atoms with Crippen molar-refractivity contribution in [3.05, 3.63) is 18.2 Å². The van der Waals surface area contributed by atoms with Crippen LogP contribution < -0.4 is 0 Å². The zero-order valence-corrected chi connectivity index (χ0v) is 11.9. The number of hydrogen-bond acceptors (Lipinski definition) is 1. The van der Waals surface area contributed by atoms with Gasteiger partial charge in [0.15, 0.2) is 0 Å². The molecule has 0 fully saturated rings. The van der Waals surface area contributed by atoms with Crippen molar-refractivity contribution in [3.63, 3.8) is 0 Å². The average molecular weight is 236 g/mol.